The third kappa shape index (κ3) is 3.82. The van der Waals surface area contributed by atoms with Gasteiger partial charge in [0.2, 0.25) is 11.8 Å². The van der Waals surface area contributed by atoms with Gasteiger partial charge in [-0.1, -0.05) is 6.07 Å². The molecule has 1 aliphatic rings. The summed E-state index contributed by atoms with van der Waals surface area (Å²) in [6.45, 7) is 2.25. The van der Waals surface area contributed by atoms with Gasteiger partial charge in [0.15, 0.2) is 0 Å². The second kappa shape index (κ2) is 7.57. The molecule has 2 atom stereocenters. The molecule has 1 saturated heterocycles. The molecule has 1 fully saturated rings. The predicted octanol–water partition coefficient (Wildman–Crippen LogP) is 3.07. The average molecular weight is 343 g/mol. The van der Waals surface area contributed by atoms with Crippen molar-refractivity contribution in [2.45, 2.75) is 38.3 Å². The number of carbonyl (C=O) groups excluding carboxylic acids is 2. The fourth-order valence-corrected chi connectivity index (χ4v) is 4.02. The lowest BCUT2D eigenvalue weighted by molar-refractivity contribution is -0.133. The Balaban J connectivity index is 1.73. The number of pyridine rings is 1. The first-order valence-electron chi connectivity index (χ1n) is 8.15. The molecule has 0 radical (unpaired) electrons. The van der Waals surface area contributed by atoms with E-state index in [-0.39, 0.29) is 23.9 Å². The zero-order valence-corrected chi connectivity index (χ0v) is 14.5. The molecule has 1 N–H and O–H groups in total. The highest BCUT2D eigenvalue weighted by atomic mass is 32.1. The zero-order valence-electron chi connectivity index (χ0n) is 13.6. The van der Waals surface area contributed by atoms with Crippen LogP contribution < -0.4 is 5.32 Å². The number of aromatic nitrogens is 1. The van der Waals surface area contributed by atoms with Gasteiger partial charge in [0.25, 0.3) is 0 Å². The van der Waals surface area contributed by atoms with Gasteiger partial charge in [0, 0.05) is 30.7 Å². The average Bonchev–Trinajstić information content (AvgIpc) is 3.26. The van der Waals surface area contributed by atoms with Crippen LogP contribution in [-0.2, 0) is 9.59 Å². The molecule has 126 valence electrons. The number of nitrogens with zero attached hydrogens (tertiary/aromatic N) is 2. The Morgan fingerprint density at radius 1 is 1.38 bits per heavy atom. The summed E-state index contributed by atoms with van der Waals surface area (Å²) in [5.74, 6) is -0.0326. The van der Waals surface area contributed by atoms with E-state index in [0.29, 0.717) is 6.42 Å². The van der Waals surface area contributed by atoms with Crippen LogP contribution in [0.3, 0.4) is 0 Å². The molecule has 0 aromatic carbocycles. The molecule has 3 heterocycles. The van der Waals surface area contributed by atoms with E-state index in [1.165, 1.54) is 6.92 Å². The van der Waals surface area contributed by atoms with Crippen LogP contribution in [0.2, 0.25) is 0 Å². The van der Waals surface area contributed by atoms with Gasteiger partial charge in [0.05, 0.1) is 18.5 Å². The van der Waals surface area contributed by atoms with Crippen LogP contribution in [0.25, 0.3) is 0 Å². The van der Waals surface area contributed by atoms with Crippen LogP contribution in [0.5, 0.6) is 0 Å². The minimum absolute atomic E-state index is 0.0847. The summed E-state index contributed by atoms with van der Waals surface area (Å²) in [4.78, 5) is 31.4. The quantitative estimate of drug-likeness (QED) is 0.907. The Labute approximate surface area is 145 Å². The highest BCUT2D eigenvalue weighted by molar-refractivity contribution is 7.10. The number of rotatable bonds is 5. The van der Waals surface area contributed by atoms with Crippen molar-refractivity contribution in [3.8, 4) is 0 Å². The number of amides is 2. The molecule has 5 nitrogen and oxygen atoms in total. The lowest BCUT2D eigenvalue weighted by Crippen LogP contribution is -2.35. The number of hydrogen-bond donors (Lipinski definition) is 1. The molecular weight excluding hydrogens is 322 g/mol. The van der Waals surface area contributed by atoms with Crippen molar-refractivity contribution in [3.63, 3.8) is 0 Å². The first-order valence-corrected chi connectivity index (χ1v) is 9.03. The second-order valence-electron chi connectivity index (χ2n) is 6.00. The van der Waals surface area contributed by atoms with Crippen molar-refractivity contribution >= 4 is 23.2 Å². The summed E-state index contributed by atoms with van der Waals surface area (Å²) < 4.78 is 0. The Morgan fingerprint density at radius 2 is 2.17 bits per heavy atom. The maximum atomic E-state index is 12.9. The smallest absolute Gasteiger partial charge is 0.225 e. The summed E-state index contributed by atoms with van der Waals surface area (Å²) in [5.41, 5.74) is 1.13. The molecule has 2 aromatic heterocycles. The zero-order chi connectivity index (χ0) is 16.9. The van der Waals surface area contributed by atoms with Crippen LogP contribution in [0.15, 0.2) is 42.0 Å². The normalized spacial score (nSPS) is 18.4. The van der Waals surface area contributed by atoms with E-state index in [9.17, 15) is 9.59 Å². The summed E-state index contributed by atoms with van der Waals surface area (Å²) in [6.07, 6.45) is 5.80. The Morgan fingerprint density at radius 3 is 2.83 bits per heavy atom. The molecule has 0 unspecified atom stereocenters. The minimum Gasteiger partial charge on any atom is -0.348 e. The first-order chi connectivity index (χ1) is 11.6. The lowest BCUT2D eigenvalue weighted by atomic mass is 10.1. The standard InChI is InChI=1S/C18H21N3O2S/c1-13(22)20-15(17-5-3-11-24-17)12-18(23)21-10-2-4-16(21)14-6-8-19-9-7-14/h3,5-9,11,15-16H,2,4,10,12H2,1H3,(H,20,22)/t15-,16+/m1/s1. The summed E-state index contributed by atoms with van der Waals surface area (Å²) >= 11 is 1.56. The van der Waals surface area contributed by atoms with Gasteiger partial charge in [-0.25, -0.2) is 0 Å². The summed E-state index contributed by atoms with van der Waals surface area (Å²) in [6, 6.07) is 7.70. The van der Waals surface area contributed by atoms with Gasteiger partial charge in [0.1, 0.15) is 0 Å². The Kier molecular flexibility index (Phi) is 5.25. The van der Waals surface area contributed by atoms with Crippen molar-refractivity contribution in [3.05, 3.63) is 52.5 Å². The van der Waals surface area contributed by atoms with E-state index in [2.05, 4.69) is 10.3 Å². The molecule has 0 bridgehead atoms. The van der Waals surface area contributed by atoms with E-state index in [0.717, 1.165) is 29.8 Å². The lowest BCUT2D eigenvalue weighted by Gasteiger charge is -2.27. The van der Waals surface area contributed by atoms with Gasteiger partial charge in [-0.2, -0.15) is 0 Å². The molecular formula is C18H21N3O2S. The third-order valence-electron chi connectivity index (χ3n) is 4.31. The van der Waals surface area contributed by atoms with Gasteiger partial charge in [-0.15, -0.1) is 11.3 Å². The predicted molar refractivity (Wildman–Crippen MR) is 93.4 cm³/mol. The number of hydrogen-bond acceptors (Lipinski definition) is 4. The van der Waals surface area contributed by atoms with Gasteiger partial charge in [-0.05, 0) is 42.0 Å². The SMILES string of the molecule is CC(=O)N[C@H](CC(=O)N1CCC[C@H]1c1ccncc1)c1cccs1. The molecule has 0 spiro atoms. The van der Waals surface area contributed by atoms with Crippen molar-refractivity contribution in [2.75, 3.05) is 6.54 Å². The number of carbonyl (C=O) groups is 2. The van der Waals surface area contributed by atoms with E-state index < -0.39 is 0 Å². The molecule has 2 amide bonds. The third-order valence-corrected chi connectivity index (χ3v) is 5.29. The van der Waals surface area contributed by atoms with Crippen molar-refractivity contribution in [1.82, 2.24) is 15.2 Å². The fourth-order valence-electron chi connectivity index (χ4n) is 3.25. The number of thiophene rings is 1. The van der Waals surface area contributed by atoms with Crippen LogP contribution in [0.1, 0.15) is 48.7 Å². The van der Waals surface area contributed by atoms with Crippen molar-refractivity contribution in [1.29, 1.82) is 0 Å². The van der Waals surface area contributed by atoms with Crippen LogP contribution in [0, 0.1) is 0 Å². The Bertz CT molecular complexity index is 688. The maximum Gasteiger partial charge on any atom is 0.225 e. The molecule has 0 aliphatic carbocycles. The largest absolute Gasteiger partial charge is 0.348 e. The molecule has 6 heteroatoms. The van der Waals surface area contributed by atoms with E-state index in [1.807, 2.05) is 34.5 Å². The summed E-state index contributed by atoms with van der Waals surface area (Å²) in [7, 11) is 0. The molecule has 0 saturated carbocycles. The van der Waals surface area contributed by atoms with Crippen molar-refractivity contribution < 1.29 is 9.59 Å². The molecule has 2 aromatic rings. The number of nitrogens with one attached hydrogen (secondary N) is 1. The van der Waals surface area contributed by atoms with Crippen LogP contribution in [-0.4, -0.2) is 28.2 Å². The Hall–Kier alpha value is -2.21. The fraction of sp³-hybridized carbons (Fsp3) is 0.389. The van der Waals surface area contributed by atoms with Crippen LogP contribution >= 0.6 is 11.3 Å². The second-order valence-corrected chi connectivity index (χ2v) is 6.98. The van der Waals surface area contributed by atoms with E-state index >= 15 is 0 Å². The molecule has 1 aliphatic heterocycles. The monoisotopic (exact) mass is 343 g/mol. The van der Waals surface area contributed by atoms with Gasteiger partial charge in [-0.3, -0.25) is 14.6 Å². The molecule has 3 rings (SSSR count). The summed E-state index contributed by atoms with van der Waals surface area (Å²) in [5, 5.41) is 4.87. The van der Waals surface area contributed by atoms with Gasteiger partial charge < -0.3 is 10.2 Å². The number of likely N-dealkylation sites (tertiary alicyclic amines) is 1. The van der Waals surface area contributed by atoms with E-state index in [1.54, 1.807) is 23.7 Å². The van der Waals surface area contributed by atoms with E-state index in [4.69, 9.17) is 0 Å². The van der Waals surface area contributed by atoms with Crippen LogP contribution in [0.4, 0.5) is 0 Å². The molecule has 24 heavy (non-hydrogen) atoms. The van der Waals surface area contributed by atoms with Gasteiger partial charge >= 0.3 is 0 Å². The first kappa shape index (κ1) is 16.6. The highest BCUT2D eigenvalue weighted by Crippen LogP contribution is 2.33. The highest BCUT2D eigenvalue weighted by Gasteiger charge is 2.31. The maximum absolute atomic E-state index is 12.9. The minimum atomic E-state index is -0.256. The topological polar surface area (TPSA) is 62.3 Å². The van der Waals surface area contributed by atoms with Crippen molar-refractivity contribution in [2.24, 2.45) is 0 Å².